The number of rotatable bonds is 8. The molecule has 0 aliphatic rings. The molecule has 4 heteroatoms. The maximum atomic E-state index is 12.0. The lowest BCUT2D eigenvalue weighted by atomic mass is 10.2. The molecular weight excluding hydrogens is 252 g/mol. The second-order valence-electron chi connectivity index (χ2n) is 4.83. The Morgan fingerprint density at radius 1 is 1.45 bits per heavy atom. The molecule has 0 saturated carbocycles. The summed E-state index contributed by atoms with van der Waals surface area (Å²) < 4.78 is 5.57. The number of carbonyl (C=O) groups is 1. The first-order valence-electron chi connectivity index (χ1n) is 6.85. The molecule has 0 unspecified atom stereocenters. The number of carbonyl (C=O) groups excluding carboxylic acids is 1. The van der Waals surface area contributed by atoms with Gasteiger partial charge in [-0.25, -0.2) is 0 Å². The van der Waals surface area contributed by atoms with Gasteiger partial charge in [-0.3, -0.25) is 4.79 Å². The van der Waals surface area contributed by atoms with Gasteiger partial charge in [-0.2, -0.15) is 0 Å². The van der Waals surface area contributed by atoms with Gasteiger partial charge >= 0.3 is 0 Å². The maximum absolute atomic E-state index is 12.0. The summed E-state index contributed by atoms with van der Waals surface area (Å²) in [6, 6.07) is 7.75. The van der Waals surface area contributed by atoms with Gasteiger partial charge in [0.1, 0.15) is 5.75 Å². The van der Waals surface area contributed by atoms with E-state index in [9.17, 15) is 4.79 Å². The first kappa shape index (κ1) is 16.2. The molecule has 0 aliphatic carbocycles. The van der Waals surface area contributed by atoms with Crippen molar-refractivity contribution in [2.24, 2.45) is 0 Å². The molecule has 1 amide bonds. The topological polar surface area (TPSA) is 41.6 Å². The van der Waals surface area contributed by atoms with Crippen LogP contribution in [0.1, 0.15) is 19.4 Å². The van der Waals surface area contributed by atoms with Gasteiger partial charge in [0.25, 0.3) is 5.91 Å². The fraction of sp³-hybridized carbons (Fsp3) is 0.438. The van der Waals surface area contributed by atoms with Crippen LogP contribution < -0.4 is 10.1 Å². The smallest absolute Gasteiger partial charge is 0.260 e. The molecule has 20 heavy (non-hydrogen) atoms. The first-order chi connectivity index (χ1) is 9.56. The molecule has 110 valence electrons. The summed E-state index contributed by atoms with van der Waals surface area (Å²) in [5, 5.41) is 3.08. The number of nitrogens with one attached hydrogen (secondary N) is 1. The van der Waals surface area contributed by atoms with Crippen LogP contribution in [0.3, 0.4) is 0 Å². The minimum absolute atomic E-state index is 0.0190. The van der Waals surface area contributed by atoms with Crippen molar-refractivity contribution in [1.29, 1.82) is 0 Å². The molecular formula is C16H24N2O2. The van der Waals surface area contributed by atoms with Crippen molar-refractivity contribution in [3.8, 4) is 5.75 Å². The average Bonchev–Trinajstić information content (AvgIpc) is 2.43. The molecule has 0 aromatic heterocycles. The molecule has 1 N–H and O–H groups in total. The fourth-order valence-corrected chi connectivity index (χ4v) is 1.89. The van der Waals surface area contributed by atoms with Gasteiger partial charge in [0.15, 0.2) is 6.61 Å². The van der Waals surface area contributed by atoms with Crippen LogP contribution in [0.2, 0.25) is 0 Å². The van der Waals surface area contributed by atoms with Crippen LogP contribution in [0.15, 0.2) is 36.4 Å². The molecule has 0 aliphatic heterocycles. The first-order valence-corrected chi connectivity index (χ1v) is 6.85. The summed E-state index contributed by atoms with van der Waals surface area (Å²) in [6.07, 6.45) is 0. The van der Waals surface area contributed by atoms with Crippen molar-refractivity contribution in [2.45, 2.75) is 20.4 Å². The molecule has 1 aromatic rings. The molecule has 0 fully saturated rings. The van der Waals surface area contributed by atoms with Gasteiger partial charge in [-0.05, 0) is 38.6 Å². The Morgan fingerprint density at radius 3 is 2.80 bits per heavy atom. The highest BCUT2D eigenvalue weighted by Crippen LogP contribution is 2.13. The Bertz CT molecular complexity index is 458. The Hall–Kier alpha value is -1.81. The molecule has 0 atom stereocenters. The summed E-state index contributed by atoms with van der Waals surface area (Å²) >= 11 is 0. The van der Waals surface area contributed by atoms with Crippen LogP contribution in [-0.2, 0) is 11.3 Å². The molecule has 0 saturated heterocycles. The summed E-state index contributed by atoms with van der Waals surface area (Å²) in [6.45, 7) is 9.78. The van der Waals surface area contributed by atoms with E-state index in [-0.39, 0.29) is 12.5 Å². The largest absolute Gasteiger partial charge is 0.484 e. The molecule has 0 bridgehead atoms. The minimum atomic E-state index is -0.0190. The van der Waals surface area contributed by atoms with Crippen molar-refractivity contribution in [2.75, 3.05) is 26.7 Å². The van der Waals surface area contributed by atoms with Crippen LogP contribution in [0, 0.1) is 0 Å². The third-order valence-electron chi connectivity index (χ3n) is 2.84. The normalized spacial score (nSPS) is 10.2. The summed E-state index contributed by atoms with van der Waals surface area (Å²) in [7, 11) is 1.90. The SMILES string of the molecule is C=C(C)CN(CC)C(=O)COc1cccc(CNC)c1. The Labute approximate surface area is 121 Å². The van der Waals surface area contributed by atoms with Crippen molar-refractivity contribution < 1.29 is 9.53 Å². The average molecular weight is 276 g/mol. The van der Waals surface area contributed by atoms with Gasteiger partial charge < -0.3 is 15.0 Å². The second kappa shape index (κ2) is 8.38. The van der Waals surface area contributed by atoms with Crippen LogP contribution >= 0.6 is 0 Å². The highest BCUT2D eigenvalue weighted by Gasteiger charge is 2.12. The number of amides is 1. The summed E-state index contributed by atoms with van der Waals surface area (Å²) in [5.74, 6) is 0.701. The number of hydrogen-bond donors (Lipinski definition) is 1. The highest BCUT2D eigenvalue weighted by molar-refractivity contribution is 5.78. The van der Waals surface area contributed by atoms with Gasteiger partial charge in [-0.1, -0.05) is 24.3 Å². The lowest BCUT2D eigenvalue weighted by molar-refractivity contribution is -0.132. The van der Waals surface area contributed by atoms with E-state index < -0.39 is 0 Å². The van der Waals surface area contributed by atoms with Crippen LogP contribution in [-0.4, -0.2) is 37.6 Å². The zero-order valence-corrected chi connectivity index (χ0v) is 12.6. The molecule has 0 heterocycles. The van der Waals surface area contributed by atoms with Crippen molar-refractivity contribution in [1.82, 2.24) is 10.2 Å². The number of ether oxygens (including phenoxy) is 1. The number of nitrogens with zero attached hydrogens (tertiary/aromatic N) is 1. The van der Waals surface area contributed by atoms with Crippen LogP contribution in [0.4, 0.5) is 0 Å². The van der Waals surface area contributed by atoms with E-state index in [2.05, 4.69) is 11.9 Å². The highest BCUT2D eigenvalue weighted by atomic mass is 16.5. The predicted molar refractivity (Wildman–Crippen MR) is 81.8 cm³/mol. The standard InChI is InChI=1S/C16H24N2O2/c1-5-18(11-13(2)3)16(19)12-20-15-8-6-7-14(9-15)10-17-4/h6-9,17H,2,5,10-12H2,1,3-4H3. The molecule has 1 rings (SSSR count). The van der Waals surface area contributed by atoms with Gasteiger partial charge in [0.2, 0.25) is 0 Å². The third kappa shape index (κ3) is 5.45. The predicted octanol–water partition coefficient (Wildman–Crippen LogP) is 2.21. The zero-order valence-electron chi connectivity index (χ0n) is 12.6. The summed E-state index contributed by atoms with van der Waals surface area (Å²) in [4.78, 5) is 13.8. The Kier molecular flexibility index (Phi) is 6.81. The van der Waals surface area contributed by atoms with E-state index in [0.717, 1.165) is 23.4 Å². The molecule has 4 nitrogen and oxygen atoms in total. The monoisotopic (exact) mass is 276 g/mol. The van der Waals surface area contributed by atoms with E-state index in [4.69, 9.17) is 4.74 Å². The minimum Gasteiger partial charge on any atom is -0.484 e. The van der Waals surface area contributed by atoms with Crippen LogP contribution in [0.25, 0.3) is 0 Å². The van der Waals surface area contributed by atoms with Gasteiger partial charge in [0, 0.05) is 19.6 Å². The van der Waals surface area contributed by atoms with Crippen molar-refractivity contribution in [3.05, 3.63) is 42.0 Å². The Balaban J connectivity index is 2.55. The molecule has 0 radical (unpaired) electrons. The van der Waals surface area contributed by atoms with E-state index in [0.29, 0.717) is 13.1 Å². The lowest BCUT2D eigenvalue weighted by Gasteiger charge is -2.21. The summed E-state index contributed by atoms with van der Waals surface area (Å²) in [5.41, 5.74) is 2.10. The third-order valence-corrected chi connectivity index (χ3v) is 2.84. The number of likely N-dealkylation sites (N-methyl/N-ethyl adjacent to an activating group) is 1. The molecule has 0 spiro atoms. The second-order valence-corrected chi connectivity index (χ2v) is 4.83. The van der Waals surface area contributed by atoms with Crippen molar-refractivity contribution >= 4 is 5.91 Å². The van der Waals surface area contributed by atoms with E-state index in [1.54, 1.807) is 4.90 Å². The van der Waals surface area contributed by atoms with E-state index in [1.165, 1.54) is 0 Å². The number of hydrogen-bond acceptors (Lipinski definition) is 3. The number of benzene rings is 1. The maximum Gasteiger partial charge on any atom is 0.260 e. The van der Waals surface area contributed by atoms with Crippen molar-refractivity contribution in [3.63, 3.8) is 0 Å². The van der Waals surface area contributed by atoms with Gasteiger partial charge in [0.05, 0.1) is 0 Å². The fourth-order valence-electron chi connectivity index (χ4n) is 1.89. The van der Waals surface area contributed by atoms with Gasteiger partial charge in [-0.15, -0.1) is 0 Å². The Morgan fingerprint density at radius 2 is 2.20 bits per heavy atom. The zero-order chi connectivity index (χ0) is 15.0. The molecule has 1 aromatic carbocycles. The van der Waals surface area contributed by atoms with E-state index in [1.807, 2.05) is 45.2 Å². The van der Waals surface area contributed by atoms with Crippen LogP contribution in [0.5, 0.6) is 5.75 Å². The quantitative estimate of drug-likeness (QED) is 0.740. The lowest BCUT2D eigenvalue weighted by Crippen LogP contribution is -2.35. The van der Waals surface area contributed by atoms with E-state index >= 15 is 0 Å².